The first kappa shape index (κ1) is 16.9. The van der Waals surface area contributed by atoms with Crippen LogP contribution in [-0.4, -0.2) is 58.7 Å². The molecular formula is C20H22N4O2S. The number of aromatic nitrogens is 2. The van der Waals surface area contributed by atoms with Gasteiger partial charge in [-0.1, -0.05) is 18.2 Å². The Hall–Kier alpha value is -2.22. The van der Waals surface area contributed by atoms with Gasteiger partial charge < -0.3 is 10.1 Å². The summed E-state index contributed by atoms with van der Waals surface area (Å²) >= 11 is 1.56. The summed E-state index contributed by atoms with van der Waals surface area (Å²) in [6, 6.07) is 8.97. The highest BCUT2D eigenvalue weighted by atomic mass is 32.1. The molecule has 2 aliphatic rings. The van der Waals surface area contributed by atoms with Crippen molar-refractivity contribution in [2.75, 3.05) is 20.3 Å². The lowest BCUT2D eigenvalue weighted by Gasteiger charge is -2.46. The largest absolute Gasteiger partial charge is 0.378 e. The molecule has 2 saturated heterocycles. The van der Waals surface area contributed by atoms with Gasteiger partial charge in [0.15, 0.2) is 5.13 Å². The first-order chi connectivity index (χ1) is 13.2. The minimum absolute atomic E-state index is 0.00458. The Kier molecular flexibility index (Phi) is 4.22. The number of hydrogen-bond acceptors (Lipinski definition) is 5. The average Bonchev–Trinajstić information content (AvgIpc) is 3.30. The number of para-hydroxylation sites is 1. The number of carbonyl (C=O) groups excluding carboxylic acids is 1. The Morgan fingerprint density at radius 1 is 1.26 bits per heavy atom. The molecule has 0 radical (unpaired) electrons. The third-order valence-corrected chi connectivity index (χ3v) is 6.57. The van der Waals surface area contributed by atoms with Gasteiger partial charge in [-0.2, -0.15) is 0 Å². The standard InChI is InChI=1S/C20H22N4O2S/c1-23-14-8-13(9-15(23)12-26-11-14)22-19(25)17-10-24(20-21-6-7-27-20)18-5-3-2-4-16(17)18/h2-7,10,13-15H,8-9,11-12H2,1H3,(H,22,25)/t13-,14-,15+. The van der Waals surface area contributed by atoms with Gasteiger partial charge in [0.2, 0.25) is 0 Å². The Morgan fingerprint density at radius 2 is 2.04 bits per heavy atom. The van der Waals surface area contributed by atoms with E-state index in [1.54, 1.807) is 17.5 Å². The van der Waals surface area contributed by atoms with Gasteiger partial charge in [-0.05, 0) is 26.0 Å². The van der Waals surface area contributed by atoms with E-state index in [0.717, 1.165) is 42.1 Å². The van der Waals surface area contributed by atoms with E-state index < -0.39 is 0 Å². The highest BCUT2D eigenvalue weighted by Crippen LogP contribution is 2.28. The summed E-state index contributed by atoms with van der Waals surface area (Å²) in [4.78, 5) is 19.9. The number of piperidine rings is 1. The summed E-state index contributed by atoms with van der Waals surface area (Å²) in [7, 11) is 2.16. The lowest BCUT2D eigenvalue weighted by Crippen LogP contribution is -2.59. The number of carbonyl (C=O) groups is 1. The van der Waals surface area contributed by atoms with Crippen molar-refractivity contribution in [3.63, 3.8) is 0 Å². The molecule has 0 saturated carbocycles. The Labute approximate surface area is 161 Å². The second-order valence-corrected chi connectivity index (χ2v) is 8.27. The zero-order chi connectivity index (χ0) is 18.4. The molecule has 0 spiro atoms. The topological polar surface area (TPSA) is 59.4 Å². The van der Waals surface area contributed by atoms with E-state index in [0.29, 0.717) is 17.6 Å². The average molecular weight is 382 g/mol. The molecule has 1 aromatic carbocycles. The van der Waals surface area contributed by atoms with Crippen molar-refractivity contribution in [2.24, 2.45) is 0 Å². The number of ether oxygens (including phenoxy) is 1. The van der Waals surface area contributed by atoms with Gasteiger partial charge in [0.1, 0.15) is 0 Å². The van der Waals surface area contributed by atoms with E-state index in [9.17, 15) is 4.79 Å². The van der Waals surface area contributed by atoms with Crippen molar-refractivity contribution in [1.82, 2.24) is 19.8 Å². The number of morpholine rings is 1. The van der Waals surface area contributed by atoms with Crippen LogP contribution in [0.5, 0.6) is 0 Å². The summed E-state index contributed by atoms with van der Waals surface area (Å²) in [5, 5.41) is 7.06. The zero-order valence-electron chi connectivity index (χ0n) is 15.2. The SMILES string of the molecule is CN1[C@@H]2COC[C@H]1C[C@@H](NC(=O)c1cn(-c3nccs3)c3ccccc13)C2. The van der Waals surface area contributed by atoms with Crippen molar-refractivity contribution in [2.45, 2.75) is 31.0 Å². The maximum absolute atomic E-state index is 13.1. The van der Waals surface area contributed by atoms with Gasteiger partial charge in [0, 0.05) is 41.3 Å². The van der Waals surface area contributed by atoms with E-state index in [1.807, 2.05) is 40.4 Å². The summed E-state index contributed by atoms with van der Waals surface area (Å²) in [6.45, 7) is 1.51. The van der Waals surface area contributed by atoms with E-state index in [2.05, 4.69) is 22.2 Å². The number of amides is 1. The van der Waals surface area contributed by atoms with Crippen LogP contribution in [0.15, 0.2) is 42.0 Å². The summed E-state index contributed by atoms with van der Waals surface area (Å²) in [5.41, 5.74) is 1.72. The van der Waals surface area contributed by atoms with Crippen LogP contribution in [0.2, 0.25) is 0 Å². The molecule has 5 rings (SSSR count). The first-order valence-electron chi connectivity index (χ1n) is 9.31. The molecule has 3 aromatic rings. The van der Waals surface area contributed by atoms with Crippen LogP contribution in [0, 0.1) is 0 Å². The molecule has 3 atom stereocenters. The number of nitrogens with zero attached hydrogens (tertiary/aromatic N) is 3. The van der Waals surface area contributed by atoms with Gasteiger partial charge in [-0.15, -0.1) is 11.3 Å². The second kappa shape index (κ2) is 6.74. The molecule has 2 fully saturated rings. The molecule has 1 N–H and O–H groups in total. The van der Waals surface area contributed by atoms with Gasteiger partial charge in [0.05, 0.1) is 24.3 Å². The van der Waals surface area contributed by atoms with Crippen molar-refractivity contribution in [3.05, 3.63) is 47.6 Å². The predicted octanol–water partition coefficient (Wildman–Crippen LogP) is 2.68. The van der Waals surface area contributed by atoms with Crippen LogP contribution in [0.25, 0.3) is 16.0 Å². The fourth-order valence-corrected chi connectivity index (χ4v) is 4.96. The number of hydrogen-bond donors (Lipinski definition) is 1. The molecule has 27 heavy (non-hydrogen) atoms. The minimum Gasteiger partial charge on any atom is -0.378 e. The molecular weight excluding hydrogens is 360 g/mol. The molecule has 4 heterocycles. The fourth-order valence-electron chi connectivity index (χ4n) is 4.33. The molecule has 6 nitrogen and oxygen atoms in total. The molecule has 2 bridgehead atoms. The zero-order valence-corrected chi connectivity index (χ0v) is 16.0. The smallest absolute Gasteiger partial charge is 0.253 e. The first-order valence-corrected chi connectivity index (χ1v) is 10.2. The van der Waals surface area contributed by atoms with Gasteiger partial charge in [0.25, 0.3) is 5.91 Å². The van der Waals surface area contributed by atoms with Crippen LogP contribution >= 0.6 is 11.3 Å². The van der Waals surface area contributed by atoms with E-state index in [1.165, 1.54) is 0 Å². The van der Waals surface area contributed by atoms with Crippen molar-refractivity contribution in [3.8, 4) is 5.13 Å². The number of benzene rings is 1. The van der Waals surface area contributed by atoms with E-state index >= 15 is 0 Å². The third-order valence-electron chi connectivity index (χ3n) is 5.80. The van der Waals surface area contributed by atoms with E-state index in [4.69, 9.17) is 4.74 Å². The number of nitrogens with one attached hydrogen (secondary N) is 1. The van der Waals surface area contributed by atoms with Gasteiger partial charge >= 0.3 is 0 Å². The number of likely N-dealkylation sites (N-methyl/N-ethyl adjacent to an activating group) is 1. The fraction of sp³-hybridized carbons (Fsp3) is 0.400. The van der Waals surface area contributed by atoms with E-state index in [-0.39, 0.29) is 11.9 Å². The molecule has 1 amide bonds. The summed E-state index contributed by atoms with van der Waals surface area (Å²) in [5.74, 6) is -0.00458. The van der Waals surface area contributed by atoms with Crippen molar-refractivity contribution >= 4 is 28.1 Å². The van der Waals surface area contributed by atoms with Crippen LogP contribution in [0.4, 0.5) is 0 Å². The van der Waals surface area contributed by atoms with Crippen molar-refractivity contribution in [1.29, 1.82) is 0 Å². The Bertz CT molecular complexity index is 954. The molecule has 0 unspecified atom stereocenters. The second-order valence-electron chi connectivity index (χ2n) is 7.40. The van der Waals surface area contributed by atoms with Crippen LogP contribution in [0.1, 0.15) is 23.2 Å². The highest BCUT2D eigenvalue weighted by Gasteiger charge is 2.37. The molecule has 2 aliphatic heterocycles. The summed E-state index contributed by atoms with van der Waals surface area (Å²) < 4.78 is 7.69. The van der Waals surface area contributed by atoms with Crippen LogP contribution in [0.3, 0.4) is 0 Å². The predicted molar refractivity (Wildman–Crippen MR) is 106 cm³/mol. The minimum atomic E-state index is -0.00458. The normalized spacial score (nSPS) is 25.6. The highest BCUT2D eigenvalue weighted by molar-refractivity contribution is 7.12. The maximum atomic E-state index is 13.1. The monoisotopic (exact) mass is 382 g/mol. The van der Waals surface area contributed by atoms with Crippen molar-refractivity contribution < 1.29 is 9.53 Å². The molecule has 2 aromatic heterocycles. The van der Waals surface area contributed by atoms with Gasteiger partial charge in [-0.25, -0.2) is 4.98 Å². The maximum Gasteiger partial charge on any atom is 0.253 e. The van der Waals surface area contributed by atoms with Gasteiger partial charge in [-0.3, -0.25) is 14.3 Å². The molecule has 0 aliphatic carbocycles. The Morgan fingerprint density at radius 3 is 2.78 bits per heavy atom. The number of fused-ring (bicyclic) bond motifs is 3. The summed E-state index contributed by atoms with van der Waals surface area (Å²) in [6.07, 6.45) is 5.57. The number of thiazole rings is 1. The molecule has 7 heteroatoms. The lowest BCUT2D eigenvalue weighted by atomic mass is 9.90. The van der Waals surface area contributed by atoms with Crippen LogP contribution in [-0.2, 0) is 4.74 Å². The quantitative estimate of drug-likeness (QED) is 0.757. The molecule has 140 valence electrons. The third kappa shape index (κ3) is 2.96. The lowest BCUT2D eigenvalue weighted by molar-refractivity contribution is -0.0670. The number of rotatable bonds is 3. The Balaban J connectivity index is 1.43. The van der Waals surface area contributed by atoms with Crippen LogP contribution < -0.4 is 5.32 Å².